The normalized spacial score (nSPS) is 17.9. The van der Waals surface area contributed by atoms with E-state index >= 15 is 0 Å². The molecule has 1 fully saturated rings. The molecule has 178 valence electrons. The van der Waals surface area contributed by atoms with Gasteiger partial charge in [-0.2, -0.15) is 0 Å². The highest BCUT2D eigenvalue weighted by Gasteiger charge is 2.40. The van der Waals surface area contributed by atoms with E-state index in [1.165, 1.54) is 12.1 Å². The van der Waals surface area contributed by atoms with Crippen LogP contribution in [0, 0.1) is 12.7 Å². The van der Waals surface area contributed by atoms with E-state index in [0.717, 1.165) is 11.1 Å². The molecule has 0 unspecified atom stereocenters. The number of hydrogen-bond acceptors (Lipinski definition) is 4. The molecule has 0 atom stereocenters. The molecule has 0 spiro atoms. The van der Waals surface area contributed by atoms with Crippen molar-refractivity contribution in [3.63, 3.8) is 0 Å². The Morgan fingerprint density at radius 1 is 1.12 bits per heavy atom. The molecular weight excluding hydrogens is 455 g/mol. The molecule has 34 heavy (non-hydrogen) atoms. The molecule has 6 nitrogen and oxygen atoms in total. The van der Waals surface area contributed by atoms with Crippen LogP contribution < -0.4 is 5.32 Å². The Bertz CT molecular complexity index is 1190. The first kappa shape index (κ1) is 24.0. The van der Waals surface area contributed by atoms with Gasteiger partial charge < -0.3 is 15.1 Å². The first-order chi connectivity index (χ1) is 16.2. The van der Waals surface area contributed by atoms with Crippen molar-refractivity contribution in [2.45, 2.75) is 32.7 Å². The Hall–Kier alpha value is -3.19. The third-order valence-corrected chi connectivity index (χ3v) is 6.51. The molecule has 4 rings (SSSR count). The third-order valence-electron chi connectivity index (χ3n) is 6.27. The molecule has 2 aliphatic rings. The van der Waals surface area contributed by atoms with Crippen molar-refractivity contribution in [2.75, 3.05) is 26.2 Å². The van der Waals surface area contributed by atoms with Crippen molar-refractivity contribution in [3.05, 3.63) is 76.2 Å². The number of piperazine rings is 1. The van der Waals surface area contributed by atoms with Crippen LogP contribution in [0.2, 0.25) is 5.02 Å². The van der Waals surface area contributed by atoms with Crippen LogP contribution in [0.5, 0.6) is 0 Å². The molecule has 1 saturated heterocycles. The minimum absolute atomic E-state index is 0.165. The number of halogens is 2. The smallest absolute Gasteiger partial charge is 0.289 e. The zero-order valence-corrected chi connectivity index (χ0v) is 20.3. The summed E-state index contributed by atoms with van der Waals surface area (Å²) in [5, 5.41) is 3.75. The quantitative estimate of drug-likeness (QED) is 0.710. The topological polar surface area (TPSA) is 65.0 Å². The maximum atomic E-state index is 13.6. The molecule has 0 bridgehead atoms. The highest BCUT2D eigenvalue weighted by Crippen LogP contribution is 2.25. The predicted molar refractivity (Wildman–Crippen MR) is 132 cm³/mol. The maximum Gasteiger partial charge on any atom is 0.289 e. The van der Waals surface area contributed by atoms with Crippen LogP contribution in [0.4, 0.5) is 4.39 Å². The third kappa shape index (κ3) is 4.99. The summed E-state index contributed by atoms with van der Waals surface area (Å²) in [4.78, 5) is 34.4. The molecule has 2 aromatic rings. The van der Waals surface area contributed by atoms with Gasteiger partial charge in [-0.3, -0.25) is 14.6 Å². The second kappa shape index (κ2) is 9.58. The first-order valence-corrected chi connectivity index (χ1v) is 11.7. The molecule has 2 aliphatic heterocycles. The van der Waals surface area contributed by atoms with Crippen LogP contribution >= 0.6 is 11.6 Å². The van der Waals surface area contributed by atoms with Gasteiger partial charge >= 0.3 is 0 Å². The lowest BCUT2D eigenvalue weighted by molar-refractivity contribution is -0.132. The summed E-state index contributed by atoms with van der Waals surface area (Å²) in [6, 6.07) is 12.0. The number of aliphatic imine (C=N–C) groups is 1. The van der Waals surface area contributed by atoms with Crippen molar-refractivity contribution >= 4 is 34.8 Å². The number of aryl methyl sites for hydroxylation is 1. The number of carbonyl (C=O) groups excluding carboxylic acids is 2. The summed E-state index contributed by atoms with van der Waals surface area (Å²) in [7, 11) is 0. The fourth-order valence-corrected chi connectivity index (χ4v) is 4.59. The fourth-order valence-electron chi connectivity index (χ4n) is 4.40. The van der Waals surface area contributed by atoms with E-state index in [2.05, 4.69) is 10.3 Å². The zero-order valence-electron chi connectivity index (χ0n) is 19.6. The van der Waals surface area contributed by atoms with Gasteiger partial charge in [0.25, 0.3) is 11.8 Å². The van der Waals surface area contributed by atoms with Gasteiger partial charge in [0.15, 0.2) is 5.84 Å². The van der Waals surface area contributed by atoms with Crippen LogP contribution in [0.15, 0.2) is 53.7 Å². The standard InChI is InChI=1S/C26H28ClFN4O2/c1-17-13-19(7-8-22(17)28)24(33)31-11-12-32(26(2,3)16-31)25(34)23-29-10-9-20(15-30-23)18-5-4-6-21(27)14-18/h4-8,13-15H,9-12,16H2,1-3H3,(H,29,30). The summed E-state index contributed by atoms with van der Waals surface area (Å²) in [5.41, 5.74) is 2.30. The van der Waals surface area contributed by atoms with Crippen molar-refractivity contribution in [3.8, 4) is 0 Å². The Kier molecular flexibility index (Phi) is 6.75. The van der Waals surface area contributed by atoms with Crippen molar-refractivity contribution < 1.29 is 14.0 Å². The average Bonchev–Trinajstić information content (AvgIpc) is 3.06. The van der Waals surface area contributed by atoms with Crippen molar-refractivity contribution in [1.29, 1.82) is 0 Å². The Labute approximate surface area is 204 Å². The van der Waals surface area contributed by atoms with E-state index < -0.39 is 5.54 Å². The average molecular weight is 483 g/mol. The van der Waals surface area contributed by atoms with Crippen LogP contribution in [0.3, 0.4) is 0 Å². The molecule has 2 heterocycles. The second-order valence-corrected chi connectivity index (χ2v) is 9.70. The van der Waals surface area contributed by atoms with Gasteiger partial charge in [0.05, 0.1) is 5.54 Å². The van der Waals surface area contributed by atoms with Crippen LogP contribution in [0.25, 0.3) is 5.57 Å². The summed E-state index contributed by atoms with van der Waals surface area (Å²) in [6.07, 6.45) is 2.51. The van der Waals surface area contributed by atoms with E-state index in [9.17, 15) is 14.0 Å². The number of nitrogens with zero attached hydrogens (tertiary/aromatic N) is 3. The van der Waals surface area contributed by atoms with Gasteiger partial charge in [-0.15, -0.1) is 0 Å². The van der Waals surface area contributed by atoms with Gasteiger partial charge in [-0.1, -0.05) is 23.7 Å². The van der Waals surface area contributed by atoms with Gasteiger partial charge in [0.2, 0.25) is 0 Å². The summed E-state index contributed by atoms with van der Waals surface area (Å²) >= 11 is 6.12. The van der Waals surface area contributed by atoms with Crippen LogP contribution in [-0.4, -0.2) is 59.2 Å². The monoisotopic (exact) mass is 482 g/mol. The lowest BCUT2D eigenvalue weighted by Gasteiger charge is -2.47. The Morgan fingerprint density at radius 3 is 2.62 bits per heavy atom. The number of nitrogens with one attached hydrogen (secondary N) is 1. The lowest BCUT2D eigenvalue weighted by atomic mass is 9.97. The van der Waals surface area contributed by atoms with E-state index in [-0.39, 0.29) is 17.6 Å². The number of rotatable bonds is 3. The van der Waals surface area contributed by atoms with Gasteiger partial charge in [0, 0.05) is 43.0 Å². The first-order valence-electron chi connectivity index (χ1n) is 11.3. The number of hydrogen-bond donors (Lipinski definition) is 1. The molecule has 2 amide bonds. The van der Waals surface area contributed by atoms with E-state index in [1.54, 1.807) is 22.8 Å². The Balaban J connectivity index is 1.45. The summed E-state index contributed by atoms with van der Waals surface area (Å²) < 4.78 is 13.6. The highest BCUT2D eigenvalue weighted by atomic mass is 35.5. The molecule has 0 aromatic heterocycles. The molecule has 1 N–H and O–H groups in total. The predicted octanol–water partition coefficient (Wildman–Crippen LogP) is 4.28. The van der Waals surface area contributed by atoms with Crippen LogP contribution in [-0.2, 0) is 4.79 Å². The van der Waals surface area contributed by atoms with Gasteiger partial charge in [-0.05, 0) is 74.2 Å². The largest absolute Gasteiger partial charge is 0.342 e. The highest BCUT2D eigenvalue weighted by molar-refractivity contribution is 6.38. The minimum atomic E-state index is -0.601. The van der Waals surface area contributed by atoms with Gasteiger partial charge in [0.1, 0.15) is 5.82 Å². The Morgan fingerprint density at radius 2 is 1.91 bits per heavy atom. The molecule has 0 aliphatic carbocycles. The molecule has 0 saturated carbocycles. The van der Waals surface area contributed by atoms with Crippen LogP contribution in [0.1, 0.15) is 41.8 Å². The SMILES string of the molecule is Cc1cc(C(=O)N2CCN(C(=O)C3=NCCC(c4cccc(Cl)c4)=CN3)C(C)(C)C2)ccc1F. The number of carbonyl (C=O) groups is 2. The zero-order chi connectivity index (χ0) is 24.5. The number of benzene rings is 2. The molecule has 2 aromatic carbocycles. The van der Waals surface area contributed by atoms with E-state index in [4.69, 9.17) is 11.6 Å². The minimum Gasteiger partial charge on any atom is -0.342 e. The molecular formula is C26H28ClFN4O2. The number of amides is 2. The van der Waals surface area contributed by atoms with Gasteiger partial charge in [-0.25, -0.2) is 4.39 Å². The van der Waals surface area contributed by atoms with Crippen molar-refractivity contribution in [1.82, 2.24) is 15.1 Å². The van der Waals surface area contributed by atoms with Crippen molar-refractivity contribution in [2.24, 2.45) is 4.99 Å². The molecule has 0 radical (unpaired) electrons. The summed E-state index contributed by atoms with van der Waals surface area (Å²) in [5.74, 6) is -0.406. The number of amidine groups is 1. The second-order valence-electron chi connectivity index (χ2n) is 9.26. The fraction of sp³-hybridized carbons (Fsp3) is 0.346. The maximum absolute atomic E-state index is 13.6. The van der Waals surface area contributed by atoms with E-state index in [0.29, 0.717) is 54.6 Å². The lowest BCUT2D eigenvalue weighted by Crippen LogP contribution is -2.63. The molecule has 8 heteroatoms. The van der Waals surface area contributed by atoms with E-state index in [1.807, 2.05) is 44.3 Å². The summed E-state index contributed by atoms with van der Waals surface area (Å²) in [6.45, 7) is 7.12.